The number of imide groups is 1. The first-order valence-electron chi connectivity index (χ1n) is 6.57. The fourth-order valence-electron chi connectivity index (χ4n) is 2.68. The van der Waals surface area contributed by atoms with Crippen LogP contribution in [0.4, 0.5) is 0 Å². The highest BCUT2D eigenvalue weighted by Gasteiger charge is 2.35. The first-order valence-corrected chi connectivity index (χ1v) is 6.57. The summed E-state index contributed by atoms with van der Waals surface area (Å²) in [6.07, 6.45) is 1.27. The number of carbonyl (C=O) groups is 3. The molecule has 5 nitrogen and oxygen atoms in total. The van der Waals surface area contributed by atoms with Gasteiger partial charge in [-0.2, -0.15) is 0 Å². The second kappa shape index (κ2) is 5.31. The van der Waals surface area contributed by atoms with Gasteiger partial charge >= 0.3 is 5.97 Å². The van der Waals surface area contributed by atoms with E-state index < -0.39 is 17.8 Å². The molecule has 0 saturated carbocycles. The summed E-state index contributed by atoms with van der Waals surface area (Å²) in [5.41, 5.74) is -0.135. The molecule has 0 aromatic rings. The first-order chi connectivity index (χ1) is 8.50. The molecule has 1 heterocycles. The Morgan fingerprint density at radius 3 is 2.00 bits per heavy atom. The van der Waals surface area contributed by atoms with Crippen LogP contribution in [-0.2, 0) is 19.2 Å². The van der Waals surface area contributed by atoms with E-state index in [1.165, 1.54) is 0 Å². The van der Waals surface area contributed by atoms with E-state index in [1.807, 2.05) is 13.8 Å². The van der Waals surface area contributed by atoms with Gasteiger partial charge in [-0.15, -0.1) is 5.06 Å². The standard InChI is InChI=1S/C14H23NO4/c1-13(2,3)9-14(4,5)8-12(18)19-15-10(16)6-7-11(15)17/h6-9H2,1-5H3. The van der Waals surface area contributed by atoms with E-state index in [9.17, 15) is 14.4 Å². The Balaban J connectivity index is 2.55. The highest BCUT2D eigenvalue weighted by atomic mass is 16.7. The predicted molar refractivity (Wildman–Crippen MR) is 69.6 cm³/mol. The lowest BCUT2D eigenvalue weighted by Gasteiger charge is -2.31. The molecule has 1 aliphatic heterocycles. The van der Waals surface area contributed by atoms with Gasteiger partial charge in [0, 0.05) is 12.8 Å². The summed E-state index contributed by atoms with van der Waals surface area (Å²) in [6.45, 7) is 10.3. The Hall–Kier alpha value is -1.39. The van der Waals surface area contributed by atoms with Gasteiger partial charge in [-0.25, -0.2) is 4.79 Å². The molecule has 0 radical (unpaired) electrons. The third-order valence-corrected chi connectivity index (χ3v) is 2.83. The molecule has 0 spiro atoms. The fraction of sp³-hybridized carbons (Fsp3) is 0.786. The van der Waals surface area contributed by atoms with E-state index in [1.54, 1.807) is 0 Å². The van der Waals surface area contributed by atoms with Crippen LogP contribution in [0.2, 0.25) is 0 Å². The van der Waals surface area contributed by atoms with E-state index in [-0.39, 0.29) is 30.1 Å². The Kier molecular flexibility index (Phi) is 4.38. The van der Waals surface area contributed by atoms with Gasteiger partial charge in [0.1, 0.15) is 0 Å². The Morgan fingerprint density at radius 2 is 1.58 bits per heavy atom. The van der Waals surface area contributed by atoms with Gasteiger partial charge in [-0.3, -0.25) is 9.59 Å². The number of hydroxylamine groups is 2. The topological polar surface area (TPSA) is 63.7 Å². The van der Waals surface area contributed by atoms with Crippen molar-refractivity contribution in [1.82, 2.24) is 5.06 Å². The fourth-order valence-corrected chi connectivity index (χ4v) is 2.68. The summed E-state index contributed by atoms with van der Waals surface area (Å²) in [5, 5.41) is 0.607. The minimum atomic E-state index is -0.530. The second-order valence-corrected chi connectivity index (χ2v) is 7.12. The van der Waals surface area contributed by atoms with E-state index >= 15 is 0 Å². The number of amides is 2. The molecule has 1 saturated heterocycles. The average Bonchev–Trinajstić information content (AvgIpc) is 2.44. The summed E-state index contributed by atoms with van der Waals surface area (Å²) < 4.78 is 0. The number of nitrogens with zero attached hydrogens (tertiary/aromatic N) is 1. The lowest BCUT2D eigenvalue weighted by Crippen LogP contribution is -2.34. The van der Waals surface area contributed by atoms with Crippen molar-refractivity contribution in [2.75, 3.05) is 0 Å². The van der Waals surface area contributed by atoms with E-state index in [0.29, 0.717) is 5.06 Å². The predicted octanol–water partition coefficient (Wildman–Crippen LogP) is 2.45. The SMILES string of the molecule is CC(C)(C)CC(C)(C)CC(=O)ON1C(=O)CCC1=O. The minimum absolute atomic E-state index is 0.100. The van der Waals surface area contributed by atoms with E-state index in [2.05, 4.69) is 20.8 Å². The zero-order chi connectivity index (χ0) is 14.8. The number of rotatable bonds is 4. The summed E-state index contributed by atoms with van der Waals surface area (Å²) in [6, 6.07) is 0. The second-order valence-electron chi connectivity index (χ2n) is 7.12. The maximum Gasteiger partial charge on any atom is 0.333 e. The third-order valence-electron chi connectivity index (χ3n) is 2.83. The lowest BCUT2D eigenvalue weighted by molar-refractivity contribution is -0.199. The van der Waals surface area contributed by atoms with Gasteiger partial charge < -0.3 is 4.84 Å². The normalized spacial score (nSPS) is 17.0. The van der Waals surface area contributed by atoms with Crippen LogP contribution in [0, 0.1) is 10.8 Å². The zero-order valence-corrected chi connectivity index (χ0v) is 12.4. The Morgan fingerprint density at radius 1 is 1.11 bits per heavy atom. The van der Waals surface area contributed by atoms with Crippen LogP contribution in [0.25, 0.3) is 0 Å². The molecule has 19 heavy (non-hydrogen) atoms. The van der Waals surface area contributed by atoms with Crippen molar-refractivity contribution in [3.63, 3.8) is 0 Å². The van der Waals surface area contributed by atoms with Crippen LogP contribution in [-0.4, -0.2) is 22.8 Å². The molecule has 108 valence electrons. The monoisotopic (exact) mass is 269 g/mol. The van der Waals surface area contributed by atoms with Crippen molar-refractivity contribution in [1.29, 1.82) is 0 Å². The van der Waals surface area contributed by atoms with Crippen molar-refractivity contribution in [2.45, 2.75) is 60.3 Å². The van der Waals surface area contributed by atoms with Crippen molar-refractivity contribution >= 4 is 17.8 Å². The van der Waals surface area contributed by atoms with Gasteiger partial charge in [0.2, 0.25) is 0 Å². The summed E-state index contributed by atoms with van der Waals surface area (Å²) in [5.74, 6) is -1.41. The van der Waals surface area contributed by atoms with Crippen LogP contribution >= 0.6 is 0 Å². The molecule has 0 atom stereocenters. The van der Waals surface area contributed by atoms with Crippen LogP contribution in [0.5, 0.6) is 0 Å². The van der Waals surface area contributed by atoms with Gasteiger partial charge in [-0.05, 0) is 17.3 Å². The molecule has 0 aromatic heterocycles. The Bertz CT molecular complexity index is 377. The highest BCUT2D eigenvalue weighted by Crippen LogP contribution is 2.36. The maximum absolute atomic E-state index is 11.8. The first kappa shape index (κ1) is 15.7. The minimum Gasteiger partial charge on any atom is -0.330 e. The van der Waals surface area contributed by atoms with Crippen LogP contribution < -0.4 is 0 Å². The molecule has 0 bridgehead atoms. The third kappa shape index (κ3) is 5.01. The number of hydrogen-bond donors (Lipinski definition) is 0. The van der Waals surface area contributed by atoms with Gasteiger partial charge in [0.05, 0.1) is 6.42 Å². The molecule has 0 unspecified atom stereocenters. The Labute approximate surface area is 114 Å². The van der Waals surface area contributed by atoms with Crippen molar-refractivity contribution in [3.8, 4) is 0 Å². The molecule has 0 aromatic carbocycles. The molecule has 5 heteroatoms. The molecule has 1 fully saturated rings. The van der Waals surface area contributed by atoms with Crippen LogP contribution in [0.15, 0.2) is 0 Å². The van der Waals surface area contributed by atoms with Gasteiger partial charge in [-0.1, -0.05) is 34.6 Å². The van der Waals surface area contributed by atoms with Crippen LogP contribution in [0.3, 0.4) is 0 Å². The molecular formula is C14H23NO4. The van der Waals surface area contributed by atoms with E-state index in [0.717, 1.165) is 6.42 Å². The smallest absolute Gasteiger partial charge is 0.330 e. The number of hydrogen-bond acceptors (Lipinski definition) is 4. The molecule has 0 N–H and O–H groups in total. The summed E-state index contributed by atoms with van der Waals surface area (Å²) in [7, 11) is 0. The molecule has 0 aliphatic carbocycles. The van der Waals surface area contributed by atoms with Crippen LogP contribution in [0.1, 0.15) is 60.3 Å². The maximum atomic E-state index is 11.8. The molecular weight excluding hydrogens is 246 g/mol. The molecule has 2 amide bonds. The number of carbonyl (C=O) groups excluding carboxylic acids is 3. The van der Waals surface area contributed by atoms with E-state index in [4.69, 9.17) is 4.84 Å². The molecule has 1 aliphatic rings. The van der Waals surface area contributed by atoms with Crippen molar-refractivity contribution < 1.29 is 19.2 Å². The van der Waals surface area contributed by atoms with Gasteiger partial charge in [0.15, 0.2) is 0 Å². The van der Waals surface area contributed by atoms with Crippen molar-refractivity contribution in [2.24, 2.45) is 10.8 Å². The largest absolute Gasteiger partial charge is 0.333 e. The highest BCUT2D eigenvalue weighted by molar-refractivity contribution is 6.01. The molecule has 1 rings (SSSR count). The average molecular weight is 269 g/mol. The quantitative estimate of drug-likeness (QED) is 0.735. The summed E-state index contributed by atoms with van der Waals surface area (Å²) in [4.78, 5) is 39.4. The zero-order valence-electron chi connectivity index (χ0n) is 12.4. The summed E-state index contributed by atoms with van der Waals surface area (Å²) >= 11 is 0. The lowest BCUT2D eigenvalue weighted by atomic mass is 9.74. The van der Waals surface area contributed by atoms with Crippen molar-refractivity contribution in [3.05, 3.63) is 0 Å². The van der Waals surface area contributed by atoms with Gasteiger partial charge in [0.25, 0.3) is 11.8 Å².